The second-order valence-corrected chi connectivity index (χ2v) is 10.4. The summed E-state index contributed by atoms with van der Waals surface area (Å²) in [7, 11) is 0. The number of ether oxygens (including phenoxy) is 1. The maximum Gasteiger partial charge on any atom is 0.573 e. The first-order valence-electron chi connectivity index (χ1n) is 12.8. The highest BCUT2D eigenvalue weighted by atomic mass is 19.4. The molecule has 6 rings (SSSR count). The largest absolute Gasteiger partial charge is 0.573 e. The molecule has 37 heavy (non-hydrogen) atoms. The number of aromatic amines is 1. The molecule has 1 aliphatic carbocycles. The third kappa shape index (κ3) is 4.67. The van der Waals surface area contributed by atoms with Crippen molar-refractivity contribution in [1.82, 2.24) is 20.2 Å². The van der Waals surface area contributed by atoms with Gasteiger partial charge >= 0.3 is 6.36 Å². The lowest BCUT2D eigenvalue weighted by molar-refractivity contribution is -0.274. The van der Waals surface area contributed by atoms with Crippen LogP contribution in [0.3, 0.4) is 0 Å². The summed E-state index contributed by atoms with van der Waals surface area (Å²) in [6.07, 6.45) is 0.758. The first-order valence-corrected chi connectivity index (χ1v) is 12.8. The number of alkyl halides is 3. The topological polar surface area (TPSA) is 70.2 Å². The Labute approximate surface area is 211 Å². The maximum absolute atomic E-state index is 15.3. The van der Waals surface area contributed by atoms with E-state index in [4.69, 9.17) is 0 Å². The second-order valence-electron chi connectivity index (χ2n) is 10.4. The van der Waals surface area contributed by atoms with Gasteiger partial charge in [0.05, 0.1) is 6.20 Å². The zero-order chi connectivity index (χ0) is 25.7. The lowest BCUT2D eigenvalue weighted by atomic mass is 9.74. The Hall–Kier alpha value is -3.14. The molecule has 4 heterocycles. The Morgan fingerprint density at radius 2 is 1.81 bits per heavy atom. The van der Waals surface area contributed by atoms with Gasteiger partial charge in [-0.2, -0.15) is 0 Å². The van der Waals surface area contributed by atoms with Crippen LogP contribution in [-0.4, -0.2) is 53.3 Å². The van der Waals surface area contributed by atoms with Gasteiger partial charge in [-0.25, -0.2) is 9.37 Å². The highest BCUT2D eigenvalue weighted by Gasteiger charge is 2.36. The summed E-state index contributed by atoms with van der Waals surface area (Å²) in [5.41, 5.74) is 4.11. The summed E-state index contributed by atoms with van der Waals surface area (Å²) >= 11 is 0. The van der Waals surface area contributed by atoms with Crippen LogP contribution < -0.4 is 10.1 Å². The fourth-order valence-electron chi connectivity index (χ4n) is 6.43. The minimum absolute atomic E-state index is 0.0424. The quantitative estimate of drug-likeness (QED) is 0.484. The minimum Gasteiger partial charge on any atom is -0.406 e. The SMILES string of the molecule is O=C(c1ccc(OC(F)(F)F)cc1)N1CCC(c2c(F)cnc3[nH]c4c(c23)CC2CNCC[C@H]2C4)CC1. The van der Waals surface area contributed by atoms with Gasteiger partial charge in [0.25, 0.3) is 5.91 Å². The minimum atomic E-state index is -4.78. The third-order valence-corrected chi connectivity index (χ3v) is 8.23. The van der Waals surface area contributed by atoms with Crippen molar-refractivity contribution in [3.63, 3.8) is 0 Å². The number of likely N-dealkylation sites (tertiary alicyclic amines) is 1. The zero-order valence-electron chi connectivity index (χ0n) is 20.2. The number of carbonyl (C=O) groups excluding carboxylic acids is 1. The summed E-state index contributed by atoms with van der Waals surface area (Å²) < 4.78 is 56.4. The number of nitrogens with zero attached hydrogens (tertiary/aromatic N) is 2. The Balaban J connectivity index is 1.20. The fraction of sp³-hybridized carbons (Fsp3) is 0.481. The lowest BCUT2D eigenvalue weighted by Crippen LogP contribution is -2.40. The van der Waals surface area contributed by atoms with Crippen molar-refractivity contribution in [3.05, 3.63) is 58.7 Å². The number of amides is 1. The average molecular weight is 517 g/mol. The monoisotopic (exact) mass is 516 g/mol. The van der Waals surface area contributed by atoms with Crippen molar-refractivity contribution in [2.75, 3.05) is 26.2 Å². The van der Waals surface area contributed by atoms with Crippen LogP contribution in [0.2, 0.25) is 0 Å². The van der Waals surface area contributed by atoms with Crippen LogP contribution in [0.15, 0.2) is 30.5 Å². The molecule has 1 unspecified atom stereocenters. The normalized spacial score (nSPS) is 22.5. The number of benzene rings is 1. The van der Waals surface area contributed by atoms with Gasteiger partial charge in [0, 0.05) is 35.3 Å². The van der Waals surface area contributed by atoms with Gasteiger partial charge in [0.2, 0.25) is 0 Å². The van der Waals surface area contributed by atoms with Crippen molar-refractivity contribution in [3.8, 4) is 5.75 Å². The molecule has 2 N–H and O–H groups in total. The first-order chi connectivity index (χ1) is 17.8. The number of rotatable bonds is 3. The van der Waals surface area contributed by atoms with E-state index >= 15 is 4.39 Å². The smallest absolute Gasteiger partial charge is 0.406 e. The third-order valence-electron chi connectivity index (χ3n) is 8.23. The van der Waals surface area contributed by atoms with E-state index in [1.807, 2.05) is 0 Å². The molecule has 2 aromatic heterocycles. The van der Waals surface area contributed by atoms with Crippen LogP contribution in [0.5, 0.6) is 5.75 Å². The van der Waals surface area contributed by atoms with Crippen molar-refractivity contribution in [2.24, 2.45) is 11.8 Å². The molecule has 2 saturated heterocycles. The predicted octanol–water partition coefficient (Wildman–Crippen LogP) is 4.94. The van der Waals surface area contributed by atoms with E-state index in [0.29, 0.717) is 48.9 Å². The fourth-order valence-corrected chi connectivity index (χ4v) is 6.43. The molecule has 0 bridgehead atoms. The van der Waals surface area contributed by atoms with Crippen LogP contribution in [0.1, 0.15) is 52.4 Å². The number of fused-ring (bicyclic) bond motifs is 4. The summed E-state index contributed by atoms with van der Waals surface area (Å²) in [4.78, 5) is 22.5. The molecule has 3 aliphatic rings. The second kappa shape index (κ2) is 9.31. The van der Waals surface area contributed by atoms with Gasteiger partial charge in [-0.1, -0.05) is 0 Å². The van der Waals surface area contributed by atoms with Crippen LogP contribution in [0.25, 0.3) is 11.0 Å². The van der Waals surface area contributed by atoms with Gasteiger partial charge in [-0.15, -0.1) is 13.2 Å². The molecule has 10 heteroatoms. The van der Waals surface area contributed by atoms with Gasteiger partial charge in [0.15, 0.2) is 0 Å². The molecule has 2 atom stereocenters. The number of piperidine rings is 2. The van der Waals surface area contributed by atoms with Gasteiger partial charge in [0.1, 0.15) is 17.2 Å². The Morgan fingerprint density at radius 1 is 1.05 bits per heavy atom. The number of aromatic nitrogens is 2. The molecule has 3 aromatic rings. The Bertz CT molecular complexity index is 1310. The Morgan fingerprint density at radius 3 is 2.54 bits per heavy atom. The van der Waals surface area contributed by atoms with E-state index in [1.165, 1.54) is 29.6 Å². The van der Waals surface area contributed by atoms with Crippen molar-refractivity contribution in [2.45, 2.75) is 44.4 Å². The van der Waals surface area contributed by atoms with Crippen molar-refractivity contribution < 1.29 is 27.1 Å². The first kappa shape index (κ1) is 24.2. The average Bonchev–Trinajstić information content (AvgIpc) is 3.24. The summed E-state index contributed by atoms with van der Waals surface area (Å²) in [6, 6.07) is 4.94. The molecule has 196 valence electrons. The van der Waals surface area contributed by atoms with E-state index in [1.54, 1.807) is 4.90 Å². The van der Waals surface area contributed by atoms with Crippen molar-refractivity contribution >= 4 is 16.9 Å². The molecule has 1 aromatic carbocycles. The molecule has 0 spiro atoms. The number of hydrogen-bond donors (Lipinski definition) is 2. The Kier molecular flexibility index (Phi) is 6.09. The molecule has 0 saturated carbocycles. The number of nitrogens with one attached hydrogen (secondary N) is 2. The zero-order valence-corrected chi connectivity index (χ0v) is 20.2. The molecule has 6 nitrogen and oxygen atoms in total. The van der Waals surface area contributed by atoms with Crippen LogP contribution in [0, 0.1) is 17.7 Å². The molecule has 2 aliphatic heterocycles. The number of carbonyl (C=O) groups is 1. The number of hydrogen-bond acceptors (Lipinski definition) is 4. The van der Waals surface area contributed by atoms with E-state index in [9.17, 15) is 18.0 Å². The van der Waals surface area contributed by atoms with Crippen molar-refractivity contribution in [1.29, 1.82) is 0 Å². The van der Waals surface area contributed by atoms with E-state index < -0.39 is 6.36 Å². The molecule has 2 fully saturated rings. The predicted molar refractivity (Wildman–Crippen MR) is 129 cm³/mol. The summed E-state index contributed by atoms with van der Waals surface area (Å²) in [6.45, 7) is 2.90. The summed E-state index contributed by atoms with van der Waals surface area (Å²) in [5.74, 6) is 0.210. The van der Waals surface area contributed by atoms with E-state index in [0.717, 1.165) is 55.5 Å². The standard InChI is InChI=1S/C27H28F4N4O2/c28-21-14-33-25-24(20-11-18-13-32-8-5-17(18)12-22(20)34-25)23(21)15-6-9-35(10-7-15)26(36)16-1-3-19(4-2-16)37-27(29,30)31/h1-4,14-15,17-18,32H,5-13H2,(H,33,34)/t17-,18?/m0/s1. The molecule has 1 amide bonds. The highest BCUT2D eigenvalue weighted by Crippen LogP contribution is 2.42. The van der Waals surface area contributed by atoms with Crippen LogP contribution in [-0.2, 0) is 12.8 Å². The molecular formula is C27H28F4N4O2. The summed E-state index contributed by atoms with van der Waals surface area (Å²) in [5, 5.41) is 4.41. The molecular weight excluding hydrogens is 488 g/mol. The van der Waals surface area contributed by atoms with E-state index in [2.05, 4.69) is 20.0 Å². The lowest BCUT2D eigenvalue weighted by Gasteiger charge is -2.36. The number of H-pyrrole nitrogens is 1. The van der Waals surface area contributed by atoms with Gasteiger partial charge < -0.3 is 19.9 Å². The van der Waals surface area contributed by atoms with Gasteiger partial charge in [-0.3, -0.25) is 4.79 Å². The maximum atomic E-state index is 15.3. The highest BCUT2D eigenvalue weighted by molar-refractivity contribution is 5.94. The molecule has 0 radical (unpaired) electrons. The van der Waals surface area contributed by atoms with Crippen LogP contribution in [0.4, 0.5) is 17.6 Å². The number of halogens is 4. The van der Waals surface area contributed by atoms with Crippen LogP contribution >= 0.6 is 0 Å². The number of pyridine rings is 1. The van der Waals surface area contributed by atoms with Gasteiger partial charge in [-0.05, 0) is 92.8 Å². The van der Waals surface area contributed by atoms with E-state index in [-0.39, 0.29) is 23.4 Å².